The zero-order valence-electron chi connectivity index (χ0n) is 18.4. The van der Waals surface area contributed by atoms with Crippen LogP contribution in [0.4, 0.5) is 10.5 Å². The monoisotopic (exact) mass is 446 g/mol. The molecule has 2 amide bonds. The molecule has 1 aliphatic rings. The summed E-state index contributed by atoms with van der Waals surface area (Å²) in [5.74, 6) is 0.605. The molecule has 10 heteroatoms. The lowest BCUT2D eigenvalue weighted by atomic mass is 10.0. The molecular weight excluding hydrogens is 424 g/mol. The molecule has 1 saturated heterocycles. The normalized spacial score (nSPS) is 13.7. The molecule has 1 aromatic carbocycles. The van der Waals surface area contributed by atoms with Crippen LogP contribution in [0.25, 0.3) is 17.0 Å². The molecular formula is C23H22N6O4. The number of carbonyl (C=O) groups excluding carboxylic acids is 2. The minimum absolute atomic E-state index is 0.0198. The molecule has 0 atom stereocenters. The van der Waals surface area contributed by atoms with Crippen LogP contribution in [0.3, 0.4) is 0 Å². The number of methoxy groups -OCH3 is 1. The van der Waals surface area contributed by atoms with Crippen LogP contribution in [0.2, 0.25) is 0 Å². The number of nitrogens with zero attached hydrogens (tertiary/aromatic N) is 5. The number of hydrogen-bond acceptors (Lipinski definition) is 7. The van der Waals surface area contributed by atoms with Crippen LogP contribution < -0.4 is 5.32 Å². The summed E-state index contributed by atoms with van der Waals surface area (Å²) in [6.45, 7) is 4.82. The number of pyridine rings is 1. The summed E-state index contributed by atoms with van der Waals surface area (Å²) in [4.78, 5) is 34.9. The van der Waals surface area contributed by atoms with Crippen LogP contribution in [0.15, 0.2) is 47.2 Å². The predicted octanol–water partition coefficient (Wildman–Crippen LogP) is 3.42. The van der Waals surface area contributed by atoms with Crippen LogP contribution in [0, 0.1) is 13.8 Å². The summed E-state index contributed by atoms with van der Waals surface area (Å²) in [5.41, 5.74) is 4.43. The second kappa shape index (κ2) is 8.05. The summed E-state index contributed by atoms with van der Waals surface area (Å²) < 4.78 is 11.9. The molecule has 0 radical (unpaired) electrons. The Morgan fingerprint density at radius 2 is 2.00 bits per heavy atom. The van der Waals surface area contributed by atoms with Gasteiger partial charge in [0.05, 0.1) is 19.2 Å². The van der Waals surface area contributed by atoms with Gasteiger partial charge in [-0.25, -0.2) is 9.78 Å². The molecule has 0 saturated carbocycles. The molecule has 168 valence electrons. The van der Waals surface area contributed by atoms with Gasteiger partial charge >= 0.3 is 6.09 Å². The van der Waals surface area contributed by atoms with Gasteiger partial charge in [0.2, 0.25) is 11.7 Å². The van der Waals surface area contributed by atoms with Crippen LogP contribution in [-0.4, -0.2) is 56.6 Å². The van der Waals surface area contributed by atoms with E-state index >= 15 is 0 Å². The molecule has 5 rings (SSSR count). The van der Waals surface area contributed by atoms with Crippen molar-refractivity contribution in [2.45, 2.75) is 19.8 Å². The molecule has 0 unspecified atom stereocenters. The first-order chi connectivity index (χ1) is 15.9. The number of aryl methyl sites for hydroxylation is 2. The Balaban J connectivity index is 1.35. The van der Waals surface area contributed by atoms with Gasteiger partial charge in [0.25, 0.3) is 5.91 Å². The number of aromatic nitrogens is 4. The molecule has 33 heavy (non-hydrogen) atoms. The number of ether oxygens (including phenoxy) is 1. The second-order valence-corrected chi connectivity index (χ2v) is 8.09. The Labute approximate surface area is 189 Å². The molecule has 0 bridgehead atoms. The number of rotatable bonds is 4. The number of carbonyl (C=O) groups is 2. The van der Waals surface area contributed by atoms with Crippen LogP contribution in [0.1, 0.15) is 33.4 Å². The quantitative estimate of drug-likeness (QED) is 0.511. The Bertz CT molecular complexity index is 1370. The fourth-order valence-corrected chi connectivity index (χ4v) is 3.77. The Morgan fingerprint density at radius 1 is 1.18 bits per heavy atom. The first-order valence-electron chi connectivity index (χ1n) is 10.5. The van der Waals surface area contributed by atoms with E-state index in [2.05, 4.69) is 20.4 Å². The zero-order valence-corrected chi connectivity index (χ0v) is 18.4. The number of imidazole rings is 1. The van der Waals surface area contributed by atoms with Crippen molar-refractivity contribution >= 4 is 23.3 Å². The molecule has 1 N–H and O–H groups in total. The van der Waals surface area contributed by atoms with Crippen molar-refractivity contribution in [3.05, 3.63) is 65.4 Å². The first-order valence-corrected chi connectivity index (χ1v) is 10.5. The Kier molecular flexibility index (Phi) is 5.04. The second-order valence-electron chi connectivity index (χ2n) is 8.09. The highest BCUT2D eigenvalue weighted by Crippen LogP contribution is 2.29. The summed E-state index contributed by atoms with van der Waals surface area (Å²) in [6.07, 6.45) is 3.07. The minimum atomic E-state index is -0.369. The SMILES string of the molecule is COC(=O)N1CC(c2nc(-c3ccc(C)c(NC(=O)c4cnc5ccc(C)cn45)c3)no2)C1. The van der Waals surface area contributed by atoms with E-state index in [9.17, 15) is 9.59 Å². The van der Waals surface area contributed by atoms with Gasteiger partial charge in [-0.05, 0) is 37.1 Å². The van der Waals surface area contributed by atoms with Gasteiger partial charge in [-0.3, -0.25) is 9.20 Å². The Hall–Kier alpha value is -4.21. The van der Waals surface area contributed by atoms with Crippen LogP contribution in [-0.2, 0) is 4.74 Å². The van der Waals surface area contributed by atoms with Crippen molar-refractivity contribution in [2.24, 2.45) is 0 Å². The maximum atomic E-state index is 13.0. The van der Waals surface area contributed by atoms with E-state index in [1.165, 1.54) is 7.11 Å². The molecule has 4 aromatic rings. The number of likely N-dealkylation sites (tertiary alicyclic amines) is 1. The lowest BCUT2D eigenvalue weighted by Gasteiger charge is -2.35. The van der Waals surface area contributed by atoms with E-state index in [1.54, 1.807) is 15.5 Å². The topological polar surface area (TPSA) is 115 Å². The van der Waals surface area contributed by atoms with Crippen LogP contribution >= 0.6 is 0 Å². The van der Waals surface area contributed by atoms with Crippen molar-refractivity contribution in [3.63, 3.8) is 0 Å². The number of benzene rings is 1. The number of nitrogens with one attached hydrogen (secondary N) is 1. The van der Waals surface area contributed by atoms with Crippen molar-refractivity contribution in [1.82, 2.24) is 24.4 Å². The average molecular weight is 446 g/mol. The molecule has 10 nitrogen and oxygen atoms in total. The largest absolute Gasteiger partial charge is 0.453 e. The van der Waals surface area contributed by atoms with E-state index in [1.807, 2.05) is 50.4 Å². The maximum absolute atomic E-state index is 13.0. The highest BCUT2D eigenvalue weighted by molar-refractivity contribution is 6.04. The van der Waals surface area contributed by atoms with Gasteiger partial charge in [0.15, 0.2) is 0 Å². The van der Waals surface area contributed by atoms with E-state index < -0.39 is 0 Å². The van der Waals surface area contributed by atoms with Crippen molar-refractivity contribution in [3.8, 4) is 11.4 Å². The number of hydrogen-bond donors (Lipinski definition) is 1. The van der Waals surface area contributed by atoms with Crippen LogP contribution in [0.5, 0.6) is 0 Å². The van der Waals surface area contributed by atoms with Crippen molar-refractivity contribution in [1.29, 1.82) is 0 Å². The lowest BCUT2D eigenvalue weighted by Crippen LogP contribution is -2.48. The fourth-order valence-electron chi connectivity index (χ4n) is 3.77. The smallest absolute Gasteiger partial charge is 0.409 e. The van der Waals surface area contributed by atoms with Gasteiger partial charge in [-0.2, -0.15) is 4.98 Å². The summed E-state index contributed by atoms with van der Waals surface area (Å²) in [7, 11) is 1.35. The standard InChI is InChI=1S/C23H22N6O4/c1-13-4-7-19-24-9-18(29(19)10-13)21(30)25-17-8-15(6-5-14(17)2)20-26-22(33-27-20)16-11-28(12-16)23(31)32-3/h4-10,16H,11-12H2,1-3H3,(H,25,30). The molecule has 1 fully saturated rings. The molecule has 1 aliphatic heterocycles. The number of anilines is 1. The third-order valence-electron chi connectivity index (χ3n) is 5.74. The van der Waals surface area contributed by atoms with Gasteiger partial charge in [0.1, 0.15) is 11.3 Å². The highest BCUT2D eigenvalue weighted by atomic mass is 16.5. The summed E-state index contributed by atoms with van der Waals surface area (Å²) >= 11 is 0. The summed E-state index contributed by atoms with van der Waals surface area (Å²) in [6, 6.07) is 9.41. The number of fused-ring (bicyclic) bond motifs is 1. The van der Waals surface area contributed by atoms with Crippen molar-refractivity contribution in [2.75, 3.05) is 25.5 Å². The third kappa shape index (κ3) is 3.79. The first kappa shape index (κ1) is 20.7. The minimum Gasteiger partial charge on any atom is -0.453 e. The molecule has 3 aromatic heterocycles. The fraction of sp³-hybridized carbons (Fsp3) is 0.261. The lowest BCUT2D eigenvalue weighted by molar-refractivity contribution is 0.0804. The average Bonchev–Trinajstić information content (AvgIpc) is 3.41. The Morgan fingerprint density at radius 3 is 2.79 bits per heavy atom. The predicted molar refractivity (Wildman–Crippen MR) is 119 cm³/mol. The zero-order chi connectivity index (χ0) is 23.1. The van der Waals surface area contributed by atoms with E-state index in [0.717, 1.165) is 11.1 Å². The molecule has 0 aliphatic carbocycles. The van der Waals surface area contributed by atoms with E-state index in [0.29, 0.717) is 47.4 Å². The summed E-state index contributed by atoms with van der Waals surface area (Å²) in [5, 5.41) is 7.05. The maximum Gasteiger partial charge on any atom is 0.409 e. The van der Waals surface area contributed by atoms with Gasteiger partial charge < -0.3 is 19.5 Å². The molecule has 0 spiro atoms. The highest BCUT2D eigenvalue weighted by Gasteiger charge is 2.36. The van der Waals surface area contributed by atoms with Gasteiger partial charge in [-0.15, -0.1) is 0 Å². The van der Waals surface area contributed by atoms with E-state index in [-0.39, 0.29) is 17.9 Å². The third-order valence-corrected chi connectivity index (χ3v) is 5.74. The number of amides is 2. The van der Waals surface area contributed by atoms with E-state index in [4.69, 9.17) is 9.26 Å². The molecule has 4 heterocycles. The van der Waals surface area contributed by atoms with Gasteiger partial charge in [0, 0.05) is 30.5 Å². The van der Waals surface area contributed by atoms with Gasteiger partial charge in [-0.1, -0.05) is 23.4 Å². The van der Waals surface area contributed by atoms with Crippen molar-refractivity contribution < 1.29 is 18.8 Å².